The molecule has 0 aliphatic heterocycles. The fourth-order valence-corrected chi connectivity index (χ4v) is 6.36. The smallest absolute Gasteiger partial charge is 0.143 e. The Morgan fingerprint density at radius 1 is 0.442 bits per heavy atom. The molecule has 3 heteroatoms. The number of rotatable bonds is 5. The molecule has 0 aliphatic rings. The topological polar surface area (TPSA) is 16.4 Å². The molecule has 8 aromatic rings. The van der Waals surface area contributed by atoms with E-state index in [4.69, 9.17) is 16.0 Å². The van der Waals surface area contributed by atoms with Crippen LogP contribution in [0.5, 0.6) is 0 Å². The molecule has 204 valence electrons. The molecule has 0 amide bonds. The zero-order chi connectivity index (χ0) is 28.8. The third kappa shape index (κ3) is 4.44. The Labute approximate surface area is 255 Å². The molecular weight excluding hydrogens is 546 g/mol. The van der Waals surface area contributed by atoms with E-state index in [1.165, 1.54) is 11.1 Å². The Morgan fingerprint density at radius 2 is 1.00 bits per heavy atom. The maximum absolute atomic E-state index is 6.68. The fraction of sp³-hybridized carbons (Fsp3) is 0. The lowest BCUT2D eigenvalue weighted by Gasteiger charge is -2.26. The molecule has 0 aliphatic carbocycles. The van der Waals surface area contributed by atoms with Crippen molar-refractivity contribution in [2.75, 3.05) is 4.90 Å². The molecule has 7 aromatic carbocycles. The fourth-order valence-electron chi connectivity index (χ4n) is 6.09. The van der Waals surface area contributed by atoms with Gasteiger partial charge in [-0.05, 0) is 82.2 Å². The Balaban J connectivity index is 1.24. The summed E-state index contributed by atoms with van der Waals surface area (Å²) in [4.78, 5) is 2.29. The molecule has 0 spiro atoms. The maximum Gasteiger partial charge on any atom is 0.143 e. The number of hydrogen-bond donors (Lipinski definition) is 0. The molecule has 2 nitrogen and oxygen atoms in total. The van der Waals surface area contributed by atoms with Crippen molar-refractivity contribution in [3.8, 4) is 22.3 Å². The highest BCUT2D eigenvalue weighted by molar-refractivity contribution is 6.38. The van der Waals surface area contributed by atoms with E-state index >= 15 is 0 Å². The molecule has 0 atom stereocenters. The van der Waals surface area contributed by atoms with Crippen molar-refractivity contribution in [3.05, 3.63) is 163 Å². The lowest BCUT2D eigenvalue weighted by Crippen LogP contribution is -2.09. The van der Waals surface area contributed by atoms with Crippen molar-refractivity contribution in [1.29, 1.82) is 0 Å². The average Bonchev–Trinajstić information content (AvgIpc) is 3.46. The van der Waals surface area contributed by atoms with Gasteiger partial charge in [-0.1, -0.05) is 115 Å². The van der Waals surface area contributed by atoms with E-state index in [0.717, 1.165) is 60.9 Å². The molecule has 43 heavy (non-hydrogen) atoms. The molecule has 0 N–H and O–H groups in total. The molecule has 0 radical (unpaired) electrons. The second-order valence-corrected chi connectivity index (χ2v) is 11.1. The zero-order valence-electron chi connectivity index (χ0n) is 23.2. The summed E-state index contributed by atoms with van der Waals surface area (Å²) in [6.45, 7) is 0. The molecule has 1 aromatic heterocycles. The van der Waals surface area contributed by atoms with Gasteiger partial charge in [-0.25, -0.2) is 0 Å². The van der Waals surface area contributed by atoms with Crippen molar-refractivity contribution in [3.63, 3.8) is 0 Å². The summed E-state index contributed by atoms with van der Waals surface area (Å²) in [5, 5.41) is 4.91. The van der Waals surface area contributed by atoms with Crippen LogP contribution in [0.4, 0.5) is 17.1 Å². The van der Waals surface area contributed by atoms with Crippen LogP contribution in [0.2, 0.25) is 5.02 Å². The normalized spacial score (nSPS) is 11.4. The summed E-state index contributed by atoms with van der Waals surface area (Å²) in [7, 11) is 0. The van der Waals surface area contributed by atoms with Crippen molar-refractivity contribution in [1.82, 2.24) is 0 Å². The monoisotopic (exact) mass is 571 g/mol. The van der Waals surface area contributed by atoms with Crippen molar-refractivity contribution >= 4 is 61.4 Å². The number of furan rings is 1. The van der Waals surface area contributed by atoms with Crippen molar-refractivity contribution in [2.45, 2.75) is 0 Å². The van der Waals surface area contributed by atoms with Crippen molar-refractivity contribution < 1.29 is 4.42 Å². The number of halogens is 1. The largest absolute Gasteiger partial charge is 0.455 e. The van der Waals surface area contributed by atoms with E-state index in [-0.39, 0.29) is 0 Å². The number of benzene rings is 7. The molecule has 0 saturated heterocycles. The number of fused-ring (bicyclic) bond motifs is 5. The highest BCUT2D eigenvalue weighted by Gasteiger charge is 2.17. The van der Waals surface area contributed by atoms with Crippen LogP contribution in [-0.4, -0.2) is 0 Å². The van der Waals surface area contributed by atoms with Gasteiger partial charge >= 0.3 is 0 Å². The molecule has 0 bridgehead atoms. The molecule has 0 fully saturated rings. The van der Waals surface area contributed by atoms with Crippen LogP contribution in [0.15, 0.2) is 162 Å². The Hall–Kier alpha value is -5.31. The second kappa shape index (κ2) is 10.5. The minimum Gasteiger partial charge on any atom is -0.455 e. The lowest BCUT2D eigenvalue weighted by atomic mass is 9.95. The first-order chi connectivity index (χ1) is 21.2. The van der Waals surface area contributed by atoms with Gasteiger partial charge in [0.25, 0.3) is 0 Å². The number of anilines is 3. The average molecular weight is 572 g/mol. The minimum atomic E-state index is 0.699. The van der Waals surface area contributed by atoms with E-state index in [2.05, 4.69) is 138 Å². The zero-order valence-corrected chi connectivity index (χ0v) is 24.0. The Morgan fingerprint density at radius 3 is 1.70 bits per heavy atom. The summed E-state index contributed by atoms with van der Waals surface area (Å²) in [5.74, 6) is 0. The van der Waals surface area contributed by atoms with Gasteiger partial charge in [0, 0.05) is 33.2 Å². The van der Waals surface area contributed by atoms with Gasteiger partial charge < -0.3 is 9.32 Å². The van der Waals surface area contributed by atoms with Gasteiger partial charge in [-0.15, -0.1) is 0 Å². The molecule has 1 heterocycles. The van der Waals surface area contributed by atoms with E-state index in [0.29, 0.717) is 5.02 Å². The molecule has 0 saturated carbocycles. The second-order valence-electron chi connectivity index (χ2n) is 10.7. The van der Waals surface area contributed by atoms with Gasteiger partial charge in [0.2, 0.25) is 0 Å². The number of hydrogen-bond acceptors (Lipinski definition) is 2. The Bertz CT molecular complexity index is 2220. The first-order valence-electron chi connectivity index (χ1n) is 14.4. The summed E-state index contributed by atoms with van der Waals surface area (Å²) < 4.78 is 6.33. The van der Waals surface area contributed by atoms with Crippen molar-refractivity contribution in [2.24, 2.45) is 0 Å². The van der Waals surface area contributed by atoms with Crippen LogP contribution < -0.4 is 4.90 Å². The first-order valence-corrected chi connectivity index (χ1v) is 14.8. The SMILES string of the molecule is Clc1cccc2oc3c4ccccc4c(-c4ccc(N(c5ccccc5)c5ccc(-c6ccccc6)cc5)cc4)cc3c12. The van der Waals surface area contributed by atoms with Crippen LogP contribution in [0.25, 0.3) is 55.0 Å². The van der Waals surface area contributed by atoms with Crippen LogP contribution >= 0.6 is 11.6 Å². The van der Waals surface area contributed by atoms with Gasteiger partial charge in [-0.2, -0.15) is 0 Å². The Kier molecular flexibility index (Phi) is 6.21. The highest BCUT2D eigenvalue weighted by atomic mass is 35.5. The van der Waals surface area contributed by atoms with Gasteiger partial charge in [0.15, 0.2) is 0 Å². The van der Waals surface area contributed by atoms with Gasteiger partial charge in [-0.3, -0.25) is 0 Å². The van der Waals surface area contributed by atoms with Gasteiger partial charge in [0.1, 0.15) is 11.2 Å². The third-order valence-electron chi connectivity index (χ3n) is 8.14. The van der Waals surface area contributed by atoms with E-state index in [1.807, 2.05) is 24.3 Å². The minimum absolute atomic E-state index is 0.699. The summed E-state index contributed by atoms with van der Waals surface area (Å²) in [6, 6.07) is 55.1. The standard InChI is InChI=1S/C40H26ClNO/c41-37-16-9-17-38-39(37)36-26-35(33-14-7-8-15-34(33)40(36)43-38)29-20-24-32(25-21-29)42(30-12-5-2-6-13-30)31-22-18-28(19-23-31)27-10-3-1-4-11-27/h1-26H. The number of nitrogens with zero attached hydrogens (tertiary/aromatic N) is 1. The highest BCUT2D eigenvalue weighted by Crippen LogP contribution is 2.43. The summed E-state index contributed by atoms with van der Waals surface area (Å²) in [6.07, 6.45) is 0. The molecule has 0 unspecified atom stereocenters. The lowest BCUT2D eigenvalue weighted by molar-refractivity contribution is 0.672. The summed E-state index contributed by atoms with van der Waals surface area (Å²) in [5.41, 5.74) is 9.66. The third-order valence-corrected chi connectivity index (χ3v) is 8.45. The predicted octanol–water partition coefficient (Wildman–Crippen LogP) is 12.2. The molecule has 8 rings (SSSR count). The predicted molar refractivity (Wildman–Crippen MR) is 182 cm³/mol. The molecular formula is C40H26ClNO. The van der Waals surface area contributed by atoms with E-state index < -0.39 is 0 Å². The van der Waals surface area contributed by atoms with E-state index in [1.54, 1.807) is 0 Å². The van der Waals surface area contributed by atoms with Crippen LogP contribution in [0, 0.1) is 0 Å². The van der Waals surface area contributed by atoms with Crippen LogP contribution in [0.1, 0.15) is 0 Å². The maximum atomic E-state index is 6.68. The van der Waals surface area contributed by atoms with E-state index in [9.17, 15) is 0 Å². The van der Waals surface area contributed by atoms with Crippen LogP contribution in [0.3, 0.4) is 0 Å². The van der Waals surface area contributed by atoms with Crippen LogP contribution in [-0.2, 0) is 0 Å². The number of para-hydroxylation sites is 1. The quantitative estimate of drug-likeness (QED) is 0.204. The van der Waals surface area contributed by atoms with Gasteiger partial charge in [0.05, 0.1) is 5.02 Å². The first kappa shape index (κ1) is 25.4. The summed E-state index contributed by atoms with van der Waals surface area (Å²) >= 11 is 6.68.